The molecule has 1 fully saturated rings. The van der Waals surface area contributed by atoms with E-state index in [9.17, 15) is 4.79 Å². The predicted octanol–water partition coefficient (Wildman–Crippen LogP) is 1.91. The fourth-order valence-electron chi connectivity index (χ4n) is 2.01. The van der Waals surface area contributed by atoms with Crippen molar-refractivity contribution in [3.8, 4) is 0 Å². The van der Waals surface area contributed by atoms with Crippen molar-refractivity contribution in [3.63, 3.8) is 0 Å². The van der Waals surface area contributed by atoms with Gasteiger partial charge in [-0.15, -0.1) is 12.4 Å². The van der Waals surface area contributed by atoms with Crippen molar-refractivity contribution in [2.75, 3.05) is 31.6 Å². The SMILES string of the molecule is CSCC(C)C(=O)NCC1(C)CCNCC1.Cl. The highest BCUT2D eigenvalue weighted by Crippen LogP contribution is 2.26. The van der Waals surface area contributed by atoms with Gasteiger partial charge in [0.05, 0.1) is 0 Å². The van der Waals surface area contributed by atoms with Crippen molar-refractivity contribution < 1.29 is 4.79 Å². The summed E-state index contributed by atoms with van der Waals surface area (Å²) in [6.45, 7) is 7.25. The Bertz CT molecular complexity index is 233. The molecule has 5 heteroatoms. The van der Waals surface area contributed by atoms with Crippen molar-refractivity contribution in [1.82, 2.24) is 10.6 Å². The highest BCUT2D eigenvalue weighted by atomic mass is 35.5. The Morgan fingerprint density at radius 3 is 2.59 bits per heavy atom. The summed E-state index contributed by atoms with van der Waals surface area (Å²) in [4.78, 5) is 11.8. The number of carbonyl (C=O) groups excluding carboxylic acids is 1. The Kier molecular flexibility index (Phi) is 8.25. The number of hydrogen-bond donors (Lipinski definition) is 2. The molecule has 0 aromatic rings. The Hall–Kier alpha value is 0.0700. The van der Waals surface area contributed by atoms with E-state index in [4.69, 9.17) is 0 Å². The third-order valence-electron chi connectivity index (χ3n) is 3.36. The quantitative estimate of drug-likeness (QED) is 0.808. The predicted molar refractivity (Wildman–Crippen MR) is 78.0 cm³/mol. The number of thioether (sulfide) groups is 1. The minimum atomic E-state index is 0. The van der Waals surface area contributed by atoms with Crippen molar-refractivity contribution in [1.29, 1.82) is 0 Å². The molecule has 17 heavy (non-hydrogen) atoms. The average Bonchev–Trinajstić information content (AvgIpc) is 2.27. The van der Waals surface area contributed by atoms with Crippen LogP contribution >= 0.6 is 24.2 Å². The van der Waals surface area contributed by atoms with Gasteiger partial charge in [0.1, 0.15) is 0 Å². The van der Waals surface area contributed by atoms with Crippen molar-refractivity contribution >= 4 is 30.1 Å². The first-order valence-corrected chi connectivity index (χ1v) is 7.44. The summed E-state index contributed by atoms with van der Waals surface area (Å²) >= 11 is 1.73. The van der Waals surface area contributed by atoms with Gasteiger partial charge in [0, 0.05) is 18.2 Å². The number of halogens is 1. The molecule has 1 unspecified atom stereocenters. The zero-order valence-corrected chi connectivity index (χ0v) is 12.7. The van der Waals surface area contributed by atoms with E-state index in [1.807, 2.05) is 13.2 Å². The molecule has 1 saturated heterocycles. The molecule has 102 valence electrons. The molecule has 1 atom stereocenters. The third-order valence-corrected chi connectivity index (χ3v) is 4.20. The van der Waals surface area contributed by atoms with Crippen molar-refractivity contribution in [2.24, 2.45) is 11.3 Å². The Morgan fingerprint density at radius 2 is 2.06 bits per heavy atom. The first-order chi connectivity index (χ1) is 7.57. The molecule has 1 aliphatic heterocycles. The molecule has 3 nitrogen and oxygen atoms in total. The lowest BCUT2D eigenvalue weighted by Gasteiger charge is -2.34. The van der Waals surface area contributed by atoms with Crippen LogP contribution in [0.2, 0.25) is 0 Å². The zero-order chi connectivity index (χ0) is 12.0. The number of piperidine rings is 1. The summed E-state index contributed by atoms with van der Waals surface area (Å²) in [6.07, 6.45) is 4.35. The minimum Gasteiger partial charge on any atom is -0.355 e. The van der Waals surface area contributed by atoms with Gasteiger partial charge in [0.25, 0.3) is 0 Å². The lowest BCUT2D eigenvalue weighted by atomic mass is 9.81. The van der Waals surface area contributed by atoms with Crippen LogP contribution in [0.1, 0.15) is 26.7 Å². The van der Waals surface area contributed by atoms with E-state index in [0.29, 0.717) is 5.41 Å². The molecule has 0 aliphatic carbocycles. The maximum atomic E-state index is 11.8. The molecule has 0 aromatic heterocycles. The van der Waals surface area contributed by atoms with Crippen LogP contribution in [0.25, 0.3) is 0 Å². The molecule has 1 heterocycles. The molecule has 0 saturated carbocycles. The summed E-state index contributed by atoms with van der Waals surface area (Å²) in [5.41, 5.74) is 0.292. The molecule has 1 rings (SSSR count). The minimum absolute atomic E-state index is 0. The normalized spacial score (nSPS) is 20.2. The van der Waals surface area contributed by atoms with Gasteiger partial charge < -0.3 is 10.6 Å². The molecule has 0 spiro atoms. The van der Waals surface area contributed by atoms with Gasteiger partial charge in [-0.2, -0.15) is 11.8 Å². The maximum absolute atomic E-state index is 11.8. The fraction of sp³-hybridized carbons (Fsp3) is 0.917. The molecule has 0 bridgehead atoms. The monoisotopic (exact) mass is 280 g/mol. The van der Waals surface area contributed by atoms with Crippen LogP contribution in [0.5, 0.6) is 0 Å². The van der Waals surface area contributed by atoms with Gasteiger partial charge >= 0.3 is 0 Å². The Balaban J connectivity index is 0.00000256. The van der Waals surface area contributed by atoms with Crippen LogP contribution in [0, 0.1) is 11.3 Å². The number of rotatable bonds is 5. The standard InChI is InChI=1S/C12H24N2OS.ClH/c1-10(8-16-3)11(15)14-9-12(2)4-6-13-7-5-12;/h10,13H,4-9H2,1-3H3,(H,14,15);1H. The molecule has 1 amide bonds. The first-order valence-electron chi connectivity index (χ1n) is 6.05. The highest BCUT2D eigenvalue weighted by Gasteiger charge is 2.27. The molecular formula is C12H25ClN2OS. The number of carbonyl (C=O) groups is 1. The fourth-order valence-corrected chi connectivity index (χ4v) is 2.66. The number of nitrogens with one attached hydrogen (secondary N) is 2. The van der Waals surface area contributed by atoms with Gasteiger partial charge in [-0.05, 0) is 37.6 Å². The van der Waals surface area contributed by atoms with E-state index in [0.717, 1.165) is 38.2 Å². The summed E-state index contributed by atoms with van der Waals surface area (Å²) in [7, 11) is 0. The Morgan fingerprint density at radius 1 is 1.47 bits per heavy atom. The highest BCUT2D eigenvalue weighted by molar-refractivity contribution is 7.98. The summed E-state index contributed by atoms with van der Waals surface area (Å²) in [5.74, 6) is 1.24. The smallest absolute Gasteiger partial charge is 0.223 e. The van der Waals surface area contributed by atoms with Crippen LogP contribution in [0.15, 0.2) is 0 Å². The van der Waals surface area contributed by atoms with E-state index in [-0.39, 0.29) is 24.2 Å². The van der Waals surface area contributed by atoms with Gasteiger partial charge in [-0.3, -0.25) is 4.79 Å². The van der Waals surface area contributed by atoms with Gasteiger partial charge in [0.2, 0.25) is 5.91 Å². The van der Waals surface area contributed by atoms with Gasteiger partial charge in [-0.1, -0.05) is 13.8 Å². The van der Waals surface area contributed by atoms with E-state index < -0.39 is 0 Å². The van der Waals surface area contributed by atoms with Gasteiger partial charge in [-0.25, -0.2) is 0 Å². The lowest BCUT2D eigenvalue weighted by Crippen LogP contribution is -2.44. The second kappa shape index (κ2) is 8.22. The van der Waals surface area contributed by atoms with Gasteiger partial charge in [0.15, 0.2) is 0 Å². The Labute approximate surface area is 115 Å². The van der Waals surface area contributed by atoms with Crippen LogP contribution in [0.4, 0.5) is 0 Å². The van der Waals surface area contributed by atoms with E-state index in [1.165, 1.54) is 0 Å². The van der Waals surface area contributed by atoms with Crippen LogP contribution in [0.3, 0.4) is 0 Å². The maximum Gasteiger partial charge on any atom is 0.223 e. The van der Waals surface area contributed by atoms with E-state index in [2.05, 4.69) is 17.6 Å². The van der Waals surface area contributed by atoms with Crippen LogP contribution < -0.4 is 10.6 Å². The number of amides is 1. The molecule has 0 radical (unpaired) electrons. The summed E-state index contributed by atoms with van der Waals surface area (Å²) in [5, 5.41) is 6.45. The van der Waals surface area contributed by atoms with Crippen molar-refractivity contribution in [2.45, 2.75) is 26.7 Å². The topological polar surface area (TPSA) is 41.1 Å². The second-order valence-corrected chi connectivity index (χ2v) is 6.05. The van der Waals surface area contributed by atoms with Crippen LogP contribution in [-0.4, -0.2) is 37.6 Å². The van der Waals surface area contributed by atoms with E-state index in [1.54, 1.807) is 11.8 Å². The molecular weight excluding hydrogens is 256 g/mol. The third kappa shape index (κ3) is 5.98. The van der Waals surface area contributed by atoms with Crippen molar-refractivity contribution in [3.05, 3.63) is 0 Å². The molecule has 1 aliphatic rings. The van der Waals surface area contributed by atoms with Crippen LogP contribution in [-0.2, 0) is 4.79 Å². The summed E-state index contributed by atoms with van der Waals surface area (Å²) < 4.78 is 0. The molecule has 0 aromatic carbocycles. The summed E-state index contributed by atoms with van der Waals surface area (Å²) in [6, 6.07) is 0. The first kappa shape index (κ1) is 17.1. The molecule has 2 N–H and O–H groups in total. The zero-order valence-electron chi connectivity index (χ0n) is 11.0. The number of hydrogen-bond acceptors (Lipinski definition) is 3. The largest absolute Gasteiger partial charge is 0.355 e. The van der Waals surface area contributed by atoms with E-state index >= 15 is 0 Å². The lowest BCUT2D eigenvalue weighted by molar-refractivity contribution is -0.124. The average molecular weight is 281 g/mol. The second-order valence-electron chi connectivity index (χ2n) is 5.13.